The Kier molecular flexibility index (Phi) is 7.64. The van der Waals surface area contributed by atoms with Gasteiger partial charge in [-0.3, -0.25) is 4.79 Å². The molecule has 1 aromatic carbocycles. The number of benzene rings is 1. The molecule has 7 nitrogen and oxygen atoms in total. The Labute approximate surface area is 163 Å². The van der Waals surface area contributed by atoms with Crippen LogP contribution in [0.25, 0.3) is 0 Å². The third kappa shape index (κ3) is 5.92. The molecule has 1 aliphatic rings. The zero-order valence-corrected chi connectivity index (χ0v) is 17.6. The molecule has 1 amide bonds. The maximum Gasteiger partial charge on any atom is 0.304 e. The van der Waals surface area contributed by atoms with Crippen LogP contribution < -0.4 is 9.62 Å². The van der Waals surface area contributed by atoms with Crippen LogP contribution in [0, 0.1) is 6.92 Å². The molecular formula is C19H32N4O3S. The number of rotatable bonds is 9. The van der Waals surface area contributed by atoms with E-state index in [1.807, 2.05) is 19.1 Å². The molecular weight excluding hydrogens is 364 g/mol. The predicted octanol–water partition coefficient (Wildman–Crippen LogP) is 1.60. The topological polar surface area (TPSA) is 73.0 Å². The first-order chi connectivity index (χ1) is 12.7. The van der Waals surface area contributed by atoms with Crippen molar-refractivity contribution in [3.05, 3.63) is 29.8 Å². The number of nitrogens with zero attached hydrogens (tertiary/aromatic N) is 3. The van der Waals surface area contributed by atoms with E-state index >= 15 is 0 Å². The van der Waals surface area contributed by atoms with Crippen LogP contribution in [0.2, 0.25) is 0 Å². The number of likely N-dealkylation sites (tertiary alicyclic amines) is 1. The van der Waals surface area contributed by atoms with E-state index in [4.69, 9.17) is 0 Å². The average Bonchev–Trinajstić information content (AvgIpc) is 3.15. The highest BCUT2D eigenvalue weighted by atomic mass is 32.2. The van der Waals surface area contributed by atoms with Gasteiger partial charge in [0.25, 0.3) is 0 Å². The van der Waals surface area contributed by atoms with Crippen LogP contribution in [0.5, 0.6) is 0 Å². The Balaban J connectivity index is 1.97. The molecule has 2 rings (SSSR count). The van der Waals surface area contributed by atoms with E-state index in [2.05, 4.69) is 17.1 Å². The normalized spacial score (nSPS) is 16.5. The minimum atomic E-state index is -3.76. The van der Waals surface area contributed by atoms with Crippen molar-refractivity contribution in [2.75, 3.05) is 44.6 Å². The third-order valence-corrected chi connectivity index (χ3v) is 6.82. The van der Waals surface area contributed by atoms with Crippen LogP contribution >= 0.6 is 0 Å². The highest BCUT2D eigenvalue weighted by Gasteiger charge is 2.27. The third-order valence-electron chi connectivity index (χ3n) is 5.00. The summed E-state index contributed by atoms with van der Waals surface area (Å²) < 4.78 is 27.6. The van der Waals surface area contributed by atoms with Crippen LogP contribution in [-0.2, 0) is 15.0 Å². The van der Waals surface area contributed by atoms with E-state index in [1.165, 1.54) is 26.9 Å². The summed E-state index contributed by atoms with van der Waals surface area (Å²) in [4.78, 5) is 14.8. The van der Waals surface area contributed by atoms with E-state index < -0.39 is 10.2 Å². The molecule has 8 heteroatoms. The predicted molar refractivity (Wildman–Crippen MR) is 109 cm³/mol. The summed E-state index contributed by atoms with van der Waals surface area (Å²) in [5.74, 6) is -0.297. The molecule has 1 fully saturated rings. The summed E-state index contributed by atoms with van der Waals surface area (Å²) >= 11 is 0. The monoisotopic (exact) mass is 396 g/mol. The van der Waals surface area contributed by atoms with Gasteiger partial charge in [-0.1, -0.05) is 17.7 Å². The van der Waals surface area contributed by atoms with Gasteiger partial charge in [-0.05, 0) is 58.3 Å². The van der Waals surface area contributed by atoms with E-state index in [9.17, 15) is 13.2 Å². The van der Waals surface area contributed by atoms with E-state index in [-0.39, 0.29) is 12.5 Å². The highest BCUT2D eigenvalue weighted by Crippen LogP contribution is 2.20. The van der Waals surface area contributed by atoms with E-state index in [1.54, 1.807) is 12.1 Å². The molecule has 0 aliphatic carbocycles. The molecule has 1 N–H and O–H groups in total. The largest absolute Gasteiger partial charge is 0.354 e. The maximum atomic E-state index is 12.7. The Morgan fingerprint density at radius 1 is 1.19 bits per heavy atom. The van der Waals surface area contributed by atoms with E-state index in [0.29, 0.717) is 18.3 Å². The minimum Gasteiger partial charge on any atom is -0.354 e. The van der Waals surface area contributed by atoms with Crippen molar-refractivity contribution in [2.24, 2.45) is 0 Å². The lowest BCUT2D eigenvalue weighted by Gasteiger charge is -2.27. The van der Waals surface area contributed by atoms with Gasteiger partial charge >= 0.3 is 10.2 Å². The summed E-state index contributed by atoms with van der Waals surface area (Å²) in [7, 11) is -0.828. The first-order valence-corrected chi connectivity index (χ1v) is 10.9. The molecule has 1 saturated heterocycles. The van der Waals surface area contributed by atoms with Crippen LogP contribution in [0.1, 0.15) is 31.7 Å². The number of carbonyl (C=O) groups excluding carboxylic acids is 1. The van der Waals surface area contributed by atoms with E-state index in [0.717, 1.165) is 33.7 Å². The Morgan fingerprint density at radius 2 is 1.78 bits per heavy atom. The van der Waals surface area contributed by atoms with Crippen molar-refractivity contribution in [1.82, 2.24) is 14.5 Å². The minimum absolute atomic E-state index is 0.234. The maximum absolute atomic E-state index is 12.7. The molecule has 0 unspecified atom stereocenters. The van der Waals surface area contributed by atoms with Crippen molar-refractivity contribution in [1.29, 1.82) is 0 Å². The lowest BCUT2D eigenvalue weighted by Crippen LogP contribution is -2.46. The summed E-state index contributed by atoms with van der Waals surface area (Å²) in [6.07, 6.45) is 3.34. The second kappa shape index (κ2) is 9.52. The van der Waals surface area contributed by atoms with Crippen LogP contribution in [0.15, 0.2) is 24.3 Å². The zero-order chi connectivity index (χ0) is 20.0. The fourth-order valence-electron chi connectivity index (χ4n) is 3.19. The van der Waals surface area contributed by atoms with Crippen molar-refractivity contribution >= 4 is 21.8 Å². The zero-order valence-electron chi connectivity index (χ0n) is 16.8. The average molecular weight is 397 g/mol. The lowest BCUT2D eigenvalue weighted by atomic mass is 10.2. The van der Waals surface area contributed by atoms with Crippen molar-refractivity contribution in [3.63, 3.8) is 0 Å². The molecule has 0 saturated carbocycles. The van der Waals surface area contributed by atoms with Crippen LogP contribution in [0.3, 0.4) is 0 Å². The van der Waals surface area contributed by atoms with Gasteiger partial charge in [0.1, 0.15) is 6.54 Å². The van der Waals surface area contributed by atoms with Gasteiger partial charge in [-0.15, -0.1) is 0 Å². The highest BCUT2D eigenvalue weighted by molar-refractivity contribution is 7.90. The Hall–Kier alpha value is -1.64. The molecule has 1 heterocycles. The molecule has 152 valence electrons. The number of anilines is 1. The fraction of sp³-hybridized carbons (Fsp3) is 0.632. The second-order valence-corrected chi connectivity index (χ2v) is 9.43. The van der Waals surface area contributed by atoms with Crippen molar-refractivity contribution < 1.29 is 13.2 Å². The lowest BCUT2D eigenvalue weighted by molar-refractivity contribution is -0.119. The SMILES string of the molecule is Cc1ccc(N(CC(=O)NCC[C@@H](C)N2CCCC2)S(=O)(=O)N(C)C)cc1. The van der Waals surface area contributed by atoms with Crippen LogP contribution in [-0.4, -0.2) is 69.8 Å². The Morgan fingerprint density at radius 3 is 2.33 bits per heavy atom. The number of amides is 1. The standard InChI is InChI=1S/C19H32N4O3S/c1-16-7-9-18(10-8-16)23(27(25,26)21(3)4)15-19(24)20-12-11-17(2)22-13-5-6-14-22/h7-10,17H,5-6,11-15H2,1-4H3,(H,20,24)/t17-/m1/s1. The number of hydrogen-bond donors (Lipinski definition) is 1. The molecule has 1 aromatic rings. The first-order valence-electron chi connectivity index (χ1n) is 9.49. The summed E-state index contributed by atoms with van der Waals surface area (Å²) in [5.41, 5.74) is 1.51. The van der Waals surface area contributed by atoms with Crippen molar-refractivity contribution in [3.8, 4) is 0 Å². The molecule has 0 radical (unpaired) electrons. The number of aryl methyl sites for hydroxylation is 1. The van der Waals surface area contributed by atoms with Gasteiger partial charge in [-0.2, -0.15) is 12.7 Å². The van der Waals surface area contributed by atoms with Gasteiger partial charge in [0.05, 0.1) is 5.69 Å². The summed E-state index contributed by atoms with van der Waals surface area (Å²) in [6, 6.07) is 7.54. The van der Waals surface area contributed by atoms with Gasteiger partial charge in [0, 0.05) is 26.7 Å². The molecule has 1 atom stereocenters. The molecule has 0 spiro atoms. The molecule has 27 heavy (non-hydrogen) atoms. The van der Waals surface area contributed by atoms with Crippen molar-refractivity contribution in [2.45, 2.75) is 39.2 Å². The molecule has 0 bridgehead atoms. The molecule has 0 aromatic heterocycles. The number of hydrogen-bond acceptors (Lipinski definition) is 4. The van der Waals surface area contributed by atoms with Gasteiger partial charge in [-0.25, -0.2) is 4.31 Å². The molecule has 1 aliphatic heterocycles. The first kappa shape index (κ1) is 21.7. The van der Waals surface area contributed by atoms with Gasteiger partial charge in [0.15, 0.2) is 0 Å². The quantitative estimate of drug-likeness (QED) is 0.688. The summed E-state index contributed by atoms with van der Waals surface area (Å²) in [6.45, 7) is 6.66. The summed E-state index contributed by atoms with van der Waals surface area (Å²) in [5, 5.41) is 2.87. The van der Waals surface area contributed by atoms with Gasteiger partial charge < -0.3 is 10.2 Å². The number of nitrogens with one attached hydrogen (secondary N) is 1. The second-order valence-electron chi connectivity index (χ2n) is 7.36. The number of carbonyl (C=O) groups is 1. The van der Waals surface area contributed by atoms with Crippen LogP contribution in [0.4, 0.5) is 5.69 Å². The fourth-order valence-corrected chi connectivity index (χ4v) is 4.25. The smallest absolute Gasteiger partial charge is 0.304 e. The Bertz CT molecular complexity index is 713. The van der Waals surface area contributed by atoms with Gasteiger partial charge in [0.2, 0.25) is 5.91 Å².